The van der Waals surface area contributed by atoms with Crippen molar-refractivity contribution in [2.45, 2.75) is 19.9 Å². The summed E-state index contributed by atoms with van der Waals surface area (Å²) in [5, 5.41) is 5.40. The van der Waals surface area contributed by atoms with Gasteiger partial charge in [0.25, 0.3) is 0 Å². The summed E-state index contributed by atoms with van der Waals surface area (Å²) in [6.07, 6.45) is 0. The number of halogens is 2. The van der Waals surface area contributed by atoms with Gasteiger partial charge in [0.2, 0.25) is 0 Å². The average Bonchev–Trinajstić information content (AvgIpc) is 2.73. The van der Waals surface area contributed by atoms with Crippen molar-refractivity contribution < 1.29 is 4.39 Å². The van der Waals surface area contributed by atoms with E-state index in [0.717, 1.165) is 16.6 Å². The molecular formula is C14H15BrFNS. The van der Waals surface area contributed by atoms with Gasteiger partial charge in [0.05, 0.1) is 6.04 Å². The van der Waals surface area contributed by atoms with Gasteiger partial charge < -0.3 is 5.32 Å². The predicted octanol–water partition coefficient (Wildman–Crippen LogP) is 4.66. The summed E-state index contributed by atoms with van der Waals surface area (Å²) in [6.45, 7) is 4.90. The van der Waals surface area contributed by atoms with E-state index in [1.807, 2.05) is 24.4 Å². The van der Waals surface area contributed by atoms with Crippen molar-refractivity contribution in [3.8, 4) is 0 Å². The lowest BCUT2D eigenvalue weighted by Gasteiger charge is -2.19. The summed E-state index contributed by atoms with van der Waals surface area (Å²) in [4.78, 5) is 1.23. The highest BCUT2D eigenvalue weighted by Crippen LogP contribution is 2.30. The summed E-state index contributed by atoms with van der Waals surface area (Å²) in [5.74, 6) is -0.180. The van der Waals surface area contributed by atoms with Crippen molar-refractivity contribution in [1.29, 1.82) is 0 Å². The lowest BCUT2D eigenvalue weighted by atomic mass is 9.99. The maximum Gasteiger partial charge on any atom is 0.129 e. The number of benzene rings is 1. The van der Waals surface area contributed by atoms with Gasteiger partial charge in [-0.1, -0.05) is 28.9 Å². The van der Waals surface area contributed by atoms with Gasteiger partial charge in [0.1, 0.15) is 5.82 Å². The van der Waals surface area contributed by atoms with Gasteiger partial charge >= 0.3 is 0 Å². The van der Waals surface area contributed by atoms with E-state index in [4.69, 9.17) is 0 Å². The van der Waals surface area contributed by atoms with Crippen molar-refractivity contribution in [2.75, 3.05) is 6.54 Å². The van der Waals surface area contributed by atoms with Crippen molar-refractivity contribution in [3.63, 3.8) is 0 Å². The van der Waals surface area contributed by atoms with Crippen LogP contribution in [0.1, 0.15) is 29.0 Å². The lowest BCUT2D eigenvalue weighted by Crippen LogP contribution is -2.23. The first kappa shape index (κ1) is 13.7. The van der Waals surface area contributed by atoms with Crippen LogP contribution in [0.15, 0.2) is 34.1 Å². The minimum absolute atomic E-state index is 0.0747. The predicted molar refractivity (Wildman–Crippen MR) is 78.7 cm³/mol. The first-order chi connectivity index (χ1) is 8.63. The second-order valence-electron chi connectivity index (χ2n) is 4.09. The summed E-state index contributed by atoms with van der Waals surface area (Å²) in [6, 6.07) is 7.22. The molecule has 1 aromatic carbocycles. The Morgan fingerprint density at radius 1 is 1.33 bits per heavy atom. The lowest BCUT2D eigenvalue weighted by molar-refractivity contribution is 0.558. The van der Waals surface area contributed by atoms with Crippen LogP contribution in [-0.2, 0) is 0 Å². The zero-order valence-electron chi connectivity index (χ0n) is 10.3. The number of aryl methyl sites for hydroxylation is 1. The van der Waals surface area contributed by atoms with Crippen LogP contribution < -0.4 is 5.32 Å². The monoisotopic (exact) mass is 327 g/mol. The highest BCUT2D eigenvalue weighted by Gasteiger charge is 2.19. The molecule has 1 atom stereocenters. The zero-order chi connectivity index (χ0) is 13.1. The Bertz CT molecular complexity index is 538. The second kappa shape index (κ2) is 5.95. The second-order valence-corrected chi connectivity index (χ2v) is 6.12. The quantitative estimate of drug-likeness (QED) is 0.861. The Balaban J connectivity index is 2.45. The Labute approximate surface area is 119 Å². The van der Waals surface area contributed by atoms with Crippen LogP contribution in [0.4, 0.5) is 4.39 Å². The van der Waals surface area contributed by atoms with Crippen molar-refractivity contribution in [1.82, 2.24) is 5.32 Å². The molecule has 0 amide bonds. The Hall–Kier alpha value is -0.710. The fourth-order valence-corrected chi connectivity index (χ4v) is 3.10. The molecule has 1 heterocycles. The fourth-order valence-electron chi connectivity index (χ4n) is 2.02. The van der Waals surface area contributed by atoms with E-state index in [1.165, 1.54) is 10.9 Å². The maximum atomic E-state index is 14.1. The number of nitrogens with one attached hydrogen (secondary N) is 1. The summed E-state index contributed by atoms with van der Waals surface area (Å²) < 4.78 is 14.8. The van der Waals surface area contributed by atoms with Crippen LogP contribution in [0.25, 0.3) is 0 Å². The molecular weight excluding hydrogens is 313 g/mol. The molecule has 2 rings (SSSR count). The molecule has 1 N–H and O–H groups in total. The zero-order valence-corrected chi connectivity index (χ0v) is 12.7. The van der Waals surface area contributed by atoms with E-state index in [-0.39, 0.29) is 11.9 Å². The van der Waals surface area contributed by atoms with Gasteiger partial charge in [-0.25, -0.2) is 4.39 Å². The van der Waals surface area contributed by atoms with Gasteiger partial charge in [-0.15, -0.1) is 11.3 Å². The topological polar surface area (TPSA) is 12.0 Å². The van der Waals surface area contributed by atoms with Crippen molar-refractivity contribution in [2.24, 2.45) is 0 Å². The highest BCUT2D eigenvalue weighted by atomic mass is 79.9. The standard InChI is InChI=1S/C14H15BrFNS/c1-3-17-14(11-6-7-18-9(11)2)12-5-4-10(15)8-13(12)16/h4-8,14,17H,3H2,1-2H3. The molecule has 0 saturated heterocycles. The molecule has 0 saturated carbocycles. The maximum absolute atomic E-state index is 14.1. The van der Waals surface area contributed by atoms with Gasteiger partial charge in [0.15, 0.2) is 0 Å². The van der Waals surface area contributed by atoms with Gasteiger partial charge in [0, 0.05) is 14.9 Å². The molecule has 0 fully saturated rings. The van der Waals surface area contributed by atoms with Gasteiger partial charge in [-0.2, -0.15) is 0 Å². The molecule has 0 aliphatic carbocycles. The van der Waals surface area contributed by atoms with E-state index in [9.17, 15) is 4.39 Å². The molecule has 96 valence electrons. The minimum Gasteiger partial charge on any atom is -0.306 e. The molecule has 0 radical (unpaired) electrons. The smallest absolute Gasteiger partial charge is 0.129 e. The van der Waals surface area contributed by atoms with E-state index < -0.39 is 0 Å². The van der Waals surface area contributed by atoms with Crippen LogP contribution in [-0.4, -0.2) is 6.54 Å². The molecule has 1 aromatic heterocycles. The third-order valence-corrected chi connectivity index (χ3v) is 4.25. The third-order valence-electron chi connectivity index (χ3n) is 2.89. The first-order valence-electron chi connectivity index (χ1n) is 5.85. The molecule has 4 heteroatoms. The van der Waals surface area contributed by atoms with Gasteiger partial charge in [-0.3, -0.25) is 0 Å². The molecule has 1 unspecified atom stereocenters. The van der Waals surface area contributed by atoms with Crippen LogP contribution in [0.2, 0.25) is 0 Å². The van der Waals surface area contributed by atoms with Crippen molar-refractivity contribution >= 4 is 27.3 Å². The van der Waals surface area contributed by atoms with Crippen LogP contribution in [0.5, 0.6) is 0 Å². The highest BCUT2D eigenvalue weighted by molar-refractivity contribution is 9.10. The van der Waals surface area contributed by atoms with E-state index in [2.05, 4.69) is 34.2 Å². The molecule has 0 spiro atoms. The normalized spacial score (nSPS) is 12.7. The summed E-state index contributed by atoms with van der Waals surface area (Å²) >= 11 is 4.98. The van der Waals surface area contributed by atoms with Crippen LogP contribution in [0.3, 0.4) is 0 Å². The number of hydrogen-bond donors (Lipinski definition) is 1. The SMILES string of the molecule is CCNC(c1ccc(Br)cc1F)c1ccsc1C. The summed E-state index contributed by atoms with van der Waals surface area (Å²) in [7, 11) is 0. The molecule has 0 aliphatic rings. The summed E-state index contributed by atoms with van der Waals surface area (Å²) in [5.41, 5.74) is 1.85. The largest absolute Gasteiger partial charge is 0.306 e. The van der Waals surface area contributed by atoms with E-state index in [0.29, 0.717) is 5.56 Å². The number of thiophene rings is 1. The number of rotatable bonds is 4. The number of hydrogen-bond acceptors (Lipinski definition) is 2. The molecule has 2 aromatic rings. The van der Waals surface area contributed by atoms with Crippen LogP contribution in [0, 0.1) is 12.7 Å². The van der Waals surface area contributed by atoms with E-state index in [1.54, 1.807) is 11.3 Å². The Morgan fingerprint density at radius 3 is 2.67 bits per heavy atom. The van der Waals surface area contributed by atoms with Crippen LogP contribution >= 0.6 is 27.3 Å². The molecule has 18 heavy (non-hydrogen) atoms. The Morgan fingerprint density at radius 2 is 2.11 bits per heavy atom. The first-order valence-corrected chi connectivity index (χ1v) is 7.53. The van der Waals surface area contributed by atoms with Gasteiger partial charge in [-0.05, 0) is 42.6 Å². The molecule has 0 bridgehead atoms. The average molecular weight is 328 g/mol. The van der Waals surface area contributed by atoms with Crippen molar-refractivity contribution in [3.05, 3.63) is 55.9 Å². The van der Waals surface area contributed by atoms with E-state index >= 15 is 0 Å². The third kappa shape index (κ3) is 2.82. The minimum atomic E-state index is -0.180. The molecule has 1 nitrogen and oxygen atoms in total. The Kier molecular flexibility index (Phi) is 4.54. The fraction of sp³-hybridized carbons (Fsp3) is 0.286. The molecule has 0 aliphatic heterocycles.